The van der Waals surface area contributed by atoms with Gasteiger partial charge in [-0.15, -0.1) is 0 Å². The van der Waals surface area contributed by atoms with Crippen molar-refractivity contribution >= 4 is 17.2 Å². The highest BCUT2D eigenvalue weighted by molar-refractivity contribution is 5.92. The molecule has 2 N–H and O–H groups in total. The van der Waals surface area contributed by atoms with Crippen LogP contribution >= 0.6 is 0 Å². The zero-order valence-corrected chi connectivity index (χ0v) is 16.3. The fourth-order valence-electron chi connectivity index (χ4n) is 3.18. The SMILES string of the molecule is CC(C)(O)c1cccc(NC(=O)Cc2ccc(-c3ccn4ncnc4c3)cc2)c1. The van der Waals surface area contributed by atoms with E-state index in [2.05, 4.69) is 15.4 Å². The van der Waals surface area contributed by atoms with Gasteiger partial charge in [-0.25, -0.2) is 9.50 Å². The number of aliphatic hydroxyl groups is 1. The highest BCUT2D eigenvalue weighted by Crippen LogP contribution is 2.23. The molecular formula is C23H22N4O2. The van der Waals surface area contributed by atoms with Gasteiger partial charge in [-0.2, -0.15) is 5.10 Å². The summed E-state index contributed by atoms with van der Waals surface area (Å²) in [7, 11) is 0. The van der Waals surface area contributed by atoms with Crippen LogP contribution in [0.2, 0.25) is 0 Å². The minimum atomic E-state index is -0.952. The number of fused-ring (bicyclic) bond motifs is 1. The maximum atomic E-state index is 12.4. The third kappa shape index (κ3) is 4.33. The molecule has 2 aromatic heterocycles. The molecule has 2 aromatic carbocycles. The lowest BCUT2D eigenvalue weighted by Crippen LogP contribution is -2.17. The number of carbonyl (C=O) groups excluding carboxylic acids is 1. The van der Waals surface area contributed by atoms with Gasteiger partial charge >= 0.3 is 0 Å². The van der Waals surface area contributed by atoms with E-state index in [0.717, 1.165) is 27.9 Å². The number of anilines is 1. The molecule has 0 aliphatic carbocycles. The van der Waals surface area contributed by atoms with E-state index in [1.807, 2.05) is 60.8 Å². The summed E-state index contributed by atoms with van der Waals surface area (Å²) in [6, 6.07) is 19.1. The molecule has 29 heavy (non-hydrogen) atoms. The van der Waals surface area contributed by atoms with Crippen LogP contribution in [-0.4, -0.2) is 25.6 Å². The summed E-state index contributed by atoms with van der Waals surface area (Å²) in [6.45, 7) is 3.44. The van der Waals surface area contributed by atoms with Crippen LogP contribution in [0.15, 0.2) is 73.2 Å². The van der Waals surface area contributed by atoms with Crippen molar-refractivity contribution in [3.63, 3.8) is 0 Å². The maximum absolute atomic E-state index is 12.4. The smallest absolute Gasteiger partial charge is 0.228 e. The van der Waals surface area contributed by atoms with Gasteiger partial charge in [0.25, 0.3) is 0 Å². The van der Waals surface area contributed by atoms with E-state index < -0.39 is 5.60 Å². The first-order valence-corrected chi connectivity index (χ1v) is 9.40. The molecule has 4 aromatic rings. The molecule has 0 radical (unpaired) electrons. The Balaban J connectivity index is 1.44. The average molecular weight is 386 g/mol. The molecular weight excluding hydrogens is 364 g/mol. The average Bonchev–Trinajstić information content (AvgIpc) is 3.16. The third-order valence-corrected chi connectivity index (χ3v) is 4.79. The van der Waals surface area contributed by atoms with Crippen LogP contribution in [0.3, 0.4) is 0 Å². The predicted molar refractivity (Wildman–Crippen MR) is 112 cm³/mol. The Hall–Kier alpha value is -3.51. The van der Waals surface area contributed by atoms with Crippen LogP contribution in [0.5, 0.6) is 0 Å². The Labute approximate surface area is 168 Å². The number of benzene rings is 2. The molecule has 0 fully saturated rings. The Morgan fingerprint density at radius 3 is 2.62 bits per heavy atom. The highest BCUT2D eigenvalue weighted by atomic mass is 16.3. The van der Waals surface area contributed by atoms with Gasteiger partial charge in [0.2, 0.25) is 5.91 Å². The molecule has 0 aliphatic heterocycles. The molecule has 0 unspecified atom stereocenters. The van der Waals surface area contributed by atoms with E-state index in [0.29, 0.717) is 5.69 Å². The van der Waals surface area contributed by atoms with E-state index in [1.165, 1.54) is 6.33 Å². The zero-order chi connectivity index (χ0) is 20.4. The topological polar surface area (TPSA) is 79.5 Å². The molecule has 0 aliphatic rings. The summed E-state index contributed by atoms with van der Waals surface area (Å²) in [5.41, 5.74) is 4.29. The molecule has 6 heteroatoms. The van der Waals surface area contributed by atoms with E-state index >= 15 is 0 Å². The Morgan fingerprint density at radius 1 is 1.07 bits per heavy atom. The molecule has 0 atom stereocenters. The molecule has 4 rings (SSSR count). The normalized spacial score (nSPS) is 11.6. The molecule has 0 spiro atoms. The number of nitrogens with one attached hydrogen (secondary N) is 1. The van der Waals surface area contributed by atoms with Gasteiger partial charge in [-0.05, 0) is 60.4 Å². The van der Waals surface area contributed by atoms with Crippen LogP contribution in [0.4, 0.5) is 5.69 Å². The largest absolute Gasteiger partial charge is 0.386 e. The monoisotopic (exact) mass is 386 g/mol. The minimum Gasteiger partial charge on any atom is -0.386 e. The zero-order valence-electron chi connectivity index (χ0n) is 16.3. The number of aromatic nitrogens is 3. The van der Waals surface area contributed by atoms with Crippen LogP contribution in [-0.2, 0) is 16.8 Å². The third-order valence-electron chi connectivity index (χ3n) is 4.79. The van der Waals surface area contributed by atoms with Gasteiger partial charge in [-0.3, -0.25) is 4.79 Å². The molecule has 146 valence electrons. The number of nitrogens with zero attached hydrogens (tertiary/aromatic N) is 3. The maximum Gasteiger partial charge on any atom is 0.228 e. The van der Waals surface area contributed by atoms with Crippen LogP contribution < -0.4 is 5.32 Å². The molecule has 0 bridgehead atoms. The summed E-state index contributed by atoms with van der Waals surface area (Å²) in [5, 5.41) is 17.1. The van der Waals surface area contributed by atoms with Crippen molar-refractivity contribution in [3.05, 3.63) is 84.3 Å². The minimum absolute atomic E-state index is 0.101. The van der Waals surface area contributed by atoms with Gasteiger partial charge in [0, 0.05) is 11.9 Å². The van der Waals surface area contributed by atoms with Crippen molar-refractivity contribution in [3.8, 4) is 11.1 Å². The Morgan fingerprint density at radius 2 is 1.86 bits per heavy atom. The first-order valence-electron chi connectivity index (χ1n) is 9.40. The summed E-state index contributed by atoms with van der Waals surface area (Å²) in [4.78, 5) is 16.6. The molecule has 0 saturated carbocycles. The molecule has 1 amide bonds. The van der Waals surface area contributed by atoms with Crippen molar-refractivity contribution in [2.75, 3.05) is 5.32 Å². The van der Waals surface area contributed by atoms with E-state index in [9.17, 15) is 9.90 Å². The number of pyridine rings is 1. The van der Waals surface area contributed by atoms with Crippen molar-refractivity contribution in [1.82, 2.24) is 14.6 Å². The highest BCUT2D eigenvalue weighted by Gasteiger charge is 2.16. The number of hydrogen-bond donors (Lipinski definition) is 2. The number of carbonyl (C=O) groups is 1. The van der Waals surface area contributed by atoms with Crippen LogP contribution in [0.25, 0.3) is 16.8 Å². The Kier molecular flexibility index (Phi) is 4.86. The summed E-state index contributed by atoms with van der Waals surface area (Å²) >= 11 is 0. The van der Waals surface area contributed by atoms with E-state index in [1.54, 1.807) is 24.4 Å². The lowest BCUT2D eigenvalue weighted by molar-refractivity contribution is -0.115. The van der Waals surface area contributed by atoms with Crippen LogP contribution in [0.1, 0.15) is 25.0 Å². The standard InChI is InChI=1S/C23H22N4O2/c1-23(2,29)19-4-3-5-20(14-19)26-22(28)12-16-6-8-17(9-7-16)18-10-11-27-21(13-18)24-15-25-27/h3-11,13-15,29H,12H2,1-2H3,(H,26,28). The van der Waals surface area contributed by atoms with Crippen LogP contribution in [0, 0.1) is 0 Å². The Bertz CT molecular complexity index is 1160. The second kappa shape index (κ2) is 7.48. The van der Waals surface area contributed by atoms with Gasteiger partial charge in [0.05, 0.1) is 12.0 Å². The second-order valence-electron chi connectivity index (χ2n) is 7.54. The van der Waals surface area contributed by atoms with Gasteiger partial charge < -0.3 is 10.4 Å². The molecule has 6 nitrogen and oxygen atoms in total. The van der Waals surface area contributed by atoms with Crippen molar-refractivity contribution in [1.29, 1.82) is 0 Å². The lowest BCUT2D eigenvalue weighted by Gasteiger charge is -2.18. The van der Waals surface area contributed by atoms with Crippen molar-refractivity contribution < 1.29 is 9.90 Å². The van der Waals surface area contributed by atoms with E-state index in [4.69, 9.17) is 0 Å². The summed E-state index contributed by atoms with van der Waals surface area (Å²) in [6.07, 6.45) is 3.68. The fraction of sp³-hybridized carbons (Fsp3) is 0.174. The summed E-state index contributed by atoms with van der Waals surface area (Å²) in [5.74, 6) is -0.101. The summed E-state index contributed by atoms with van der Waals surface area (Å²) < 4.78 is 1.72. The van der Waals surface area contributed by atoms with Gasteiger partial charge in [-0.1, -0.05) is 36.4 Å². The van der Waals surface area contributed by atoms with E-state index in [-0.39, 0.29) is 12.3 Å². The van der Waals surface area contributed by atoms with Gasteiger partial charge in [0.15, 0.2) is 5.65 Å². The number of hydrogen-bond acceptors (Lipinski definition) is 4. The molecule has 2 heterocycles. The van der Waals surface area contributed by atoms with Gasteiger partial charge in [0.1, 0.15) is 6.33 Å². The van der Waals surface area contributed by atoms with Crippen molar-refractivity contribution in [2.24, 2.45) is 0 Å². The quantitative estimate of drug-likeness (QED) is 0.547. The molecule has 0 saturated heterocycles. The lowest BCUT2D eigenvalue weighted by atomic mass is 9.98. The number of amides is 1. The fourth-order valence-corrected chi connectivity index (χ4v) is 3.18. The number of rotatable bonds is 5. The second-order valence-corrected chi connectivity index (χ2v) is 7.54. The first-order chi connectivity index (χ1) is 13.9. The predicted octanol–water partition coefficient (Wildman–Crippen LogP) is 3.80. The first kappa shape index (κ1) is 18.8. The van der Waals surface area contributed by atoms with Crippen molar-refractivity contribution in [2.45, 2.75) is 25.9 Å².